The van der Waals surface area contributed by atoms with E-state index in [9.17, 15) is 4.79 Å². The second-order valence-corrected chi connectivity index (χ2v) is 3.92. The highest BCUT2D eigenvalue weighted by molar-refractivity contribution is 5.99. The second-order valence-electron chi connectivity index (χ2n) is 3.92. The quantitative estimate of drug-likeness (QED) is 0.662. The molecule has 0 saturated heterocycles. The van der Waals surface area contributed by atoms with Crippen molar-refractivity contribution in [1.82, 2.24) is 20.4 Å². The summed E-state index contributed by atoms with van der Waals surface area (Å²) in [6.07, 6.45) is 6.24. The largest absolute Gasteiger partial charge is 0.272 e. The summed E-state index contributed by atoms with van der Waals surface area (Å²) in [6.45, 7) is 3.61. The lowest BCUT2D eigenvalue weighted by atomic mass is 10.2. The highest BCUT2D eigenvalue weighted by Gasteiger charge is 2.05. The summed E-state index contributed by atoms with van der Waals surface area (Å²) in [7, 11) is 0. The van der Waals surface area contributed by atoms with Gasteiger partial charge in [-0.25, -0.2) is 5.43 Å². The van der Waals surface area contributed by atoms with Crippen LogP contribution in [0.5, 0.6) is 0 Å². The molecule has 2 heterocycles. The minimum atomic E-state index is -0.309. The molecule has 0 unspecified atom stereocenters. The van der Waals surface area contributed by atoms with Crippen LogP contribution in [0.25, 0.3) is 0 Å². The molecule has 0 aliphatic rings. The van der Waals surface area contributed by atoms with E-state index in [-0.39, 0.29) is 5.91 Å². The third-order valence-electron chi connectivity index (χ3n) is 2.43. The van der Waals surface area contributed by atoms with Gasteiger partial charge in [0.05, 0.1) is 17.5 Å². The number of hydrazone groups is 1. The van der Waals surface area contributed by atoms with E-state index in [1.807, 2.05) is 6.92 Å². The summed E-state index contributed by atoms with van der Waals surface area (Å²) in [5.74, 6) is -0.309. The molecule has 96 valence electrons. The number of pyridine rings is 1. The normalized spacial score (nSPS) is 11.2. The number of amides is 1. The maximum absolute atomic E-state index is 11.8. The minimum Gasteiger partial charge on any atom is -0.267 e. The molecule has 0 radical (unpaired) electrons. The van der Waals surface area contributed by atoms with Gasteiger partial charge >= 0.3 is 0 Å². The maximum atomic E-state index is 11.8. The van der Waals surface area contributed by atoms with E-state index in [0.717, 1.165) is 5.69 Å². The summed E-state index contributed by atoms with van der Waals surface area (Å²) < 4.78 is 0. The third kappa shape index (κ3) is 3.41. The SMILES string of the molecule is C/C(=N\NC(=O)c1ccc(C)nc1)c1cnccn1. The molecule has 0 bridgehead atoms. The van der Waals surface area contributed by atoms with Crippen molar-refractivity contribution in [3.8, 4) is 0 Å². The summed E-state index contributed by atoms with van der Waals surface area (Å²) in [6, 6.07) is 3.47. The van der Waals surface area contributed by atoms with Crippen molar-refractivity contribution in [2.45, 2.75) is 13.8 Å². The molecule has 2 aromatic heterocycles. The number of rotatable bonds is 3. The first kappa shape index (κ1) is 12.8. The molecule has 0 atom stereocenters. The van der Waals surface area contributed by atoms with Crippen LogP contribution >= 0.6 is 0 Å². The van der Waals surface area contributed by atoms with E-state index in [2.05, 4.69) is 25.5 Å². The molecule has 0 spiro atoms. The molecule has 1 amide bonds. The molecule has 0 aliphatic carbocycles. The van der Waals surface area contributed by atoms with Crippen LogP contribution in [0.15, 0.2) is 42.0 Å². The highest BCUT2D eigenvalue weighted by atomic mass is 16.2. The fraction of sp³-hybridized carbons (Fsp3) is 0.154. The molecular formula is C13H13N5O. The summed E-state index contributed by atoms with van der Waals surface area (Å²) in [5, 5.41) is 3.98. The monoisotopic (exact) mass is 255 g/mol. The molecule has 19 heavy (non-hydrogen) atoms. The van der Waals surface area contributed by atoms with Crippen LogP contribution in [0.4, 0.5) is 0 Å². The van der Waals surface area contributed by atoms with Crippen molar-refractivity contribution in [2.75, 3.05) is 0 Å². The number of nitrogens with zero attached hydrogens (tertiary/aromatic N) is 4. The minimum absolute atomic E-state index is 0.309. The standard InChI is InChI=1S/C13H13N5O/c1-9-3-4-11(7-16-9)13(19)18-17-10(2)12-8-14-5-6-15-12/h3-8H,1-2H3,(H,18,19)/b17-10+. The Bertz CT molecular complexity index is 592. The van der Waals surface area contributed by atoms with Crippen LogP contribution in [0.2, 0.25) is 0 Å². The molecule has 6 nitrogen and oxygen atoms in total. The van der Waals surface area contributed by atoms with Gasteiger partial charge in [-0.3, -0.25) is 19.7 Å². The van der Waals surface area contributed by atoms with Crippen LogP contribution in [0.1, 0.15) is 28.7 Å². The number of carbonyl (C=O) groups excluding carboxylic acids is 1. The van der Waals surface area contributed by atoms with Crippen LogP contribution < -0.4 is 5.43 Å². The van der Waals surface area contributed by atoms with Gasteiger partial charge < -0.3 is 0 Å². The Balaban J connectivity index is 2.06. The van der Waals surface area contributed by atoms with Gasteiger partial charge in [-0.2, -0.15) is 5.10 Å². The topological polar surface area (TPSA) is 80.1 Å². The zero-order valence-corrected chi connectivity index (χ0v) is 10.7. The molecule has 6 heteroatoms. The van der Waals surface area contributed by atoms with E-state index < -0.39 is 0 Å². The fourth-order valence-electron chi connectivity index (χ4n) is 1.34. The van der Waals surface area contributed by atoms with Crippen molar-refractivity contribution >= 4 is 11.6 Å². The van der Waals surface area contributed by atoms with Crippen molar-refractivity contribution in [2.24, 2.45) is 5.10 Å². The Morgan fingerprint density at radius 3 is 2.68 bits per heavy atom. The zero-order valence-electron chi connectivity index (χ0n) is 10.7. The van der Waals surface area contributed by atoms with Gasteiger partial charge in [-0.05, 0) is 26.0 Å². The average molecular weight is 255 g/mol. The first-order valence-electron chi connectivity index (χ1n) is 5.70. The summed E-state index contributed by atoms with van der Waals surface area (Å²) >= 11 is 0. The molecule has 0 aliphatic heterocycles. The van der Waals surface area contributed by atoms with Gasteiger partial charge in [0.25, 0.3) is 5.91 Å². The predicted molar refractivity (Wildman–Crippen MR) is 70.7 cm³/mol. The van der Waals surface area contributed by atoms with Crippen molar-refractivity contribution in [3.63, 3.8) is 0 Å². The van der Waals surface area contributed by atoms with Crippen molar-refractivity contribution in [1.29, 1.82) is 0 Å². The molecule has 0 fully saturated rings. The van der Waals surface area contributed by atoms with Crippen LogP contribution in [0.3, 0.4) is 0 Å². The zero-order chi connectivity index (χ0) is 13.7. The highest BCUT2D eigenvalue weighted by Crippen LogP contribution is 1.99. The Morgan fingerprint density at radius 2 is 2.05 bits per heavy atom. The van der Waals surface area contributed by atoms with Gasteiger partial charge in [0, 0.05) is 24.3 Å². The maximum Gasteiger partial charge on any atom is 0.272 e. The van der Waals surface area contributed by atoms with E-state index in [4.69, 9.17) is 0 Å². The second kappa shape index (κ2) is 5.81. The lowest BCUT2D eigenvalue weighted by Crippen LogP contribution is -2.19. The number of nitrogens with one attached hydrogen (secondary N) is 1. The first-order valence-corrected chi connectivity index (χ1v) is 5.70. The molecule has 0 saturated carbocycles. The lowest BCUT2D eigenvalue weighted by molar-refractivity contribution is 0.0954. The van der Waals surface area contributed by atoms with E-state index in [1.54, 1.807) is 37.6 Å². The Morgan fingerprint density at radius 1 is 1.21 bits per heavy atom. The van der Waals surface area contributed by atoms with Crippen molar-refractivity contribution in [3.05, 3.63) is 53.9 Å². The predicted octanol–water partition coefficient (Wildman–Crippen LogP) is 1.33. The Kier molecular flexibility index (Phi) is 3.92. The molecule has 0 aromatic carbocycles. The molecule has 1 N–H and O–H groups in total. The van der Waals surface area contributed by atoms with Gasteiger partial charge in [0.1, 0.15) is 5.69 Å². The Hall–Kier alpha value is -2.63. The first-order chi connectivity index (χ1) is 9.16. The fourth-order valence-corrected chi connectivity index (χ4v) is 1.34. The van der Waals surface area contributed by atoms with Gasteiger partial charge in [0.15, 0.2) is 0 Å². The van der Waals surface area contributed by atoms with Crippen molar-refractivity contribution < 1.29 is 4.79 Å². The molecular weight excluding hydrogens is 242 g/mol. The van der Waals surface area contributed by atoms with Gasteiger partial charge in [-0.1, -0.05) is 0 Å². The summed E-state index contributed by atoms with van der Waals surface area (Å²) in [4.78, 5) is 23.9. The van der Waals surface area contributed by atoms with E-state index in [1.165, 1.54) is 6.20 Å². The Labute approximate surface area is 110 Å². The van der Waals surface area contributed by atoms with Crippen LogP contribution in [-0.4, -0.2) is 26.6 Å². The number of aromatic nitrogens is 3. The molecule has 2 aromatic rings. The summed E-state index contributed by atoms with van der Waals surface area (Å²) in [5.41, 5.74) is 4.97. The lowest BCUT2D eigenvalue weighted by Gasteiger charge is -2.02. The third-order valence-corrected chi connectivity index (χ3v) is 2.43. The number of hydrogen-bond donors (Lipinski definition) is 1. The number of aryl methyl sites for hydroxylation is 1. The van der Waals surface area contributed by atoms with E-state index in [0.29, 0.717) is 17.0 Å². The number of carbonyl (C=O) groups is 1. The van der Waals surface area contributed by atoms with Crippen LogP contribution in [0, 0.1) is 6.92 Å². The van der Waals surface area contributed by atoms with E-state index >= 15 is 0 Å². The number of hydrogen-bond acceptors (Lipinski definition) is 5. The van der Waals surface area contributed by atoms with Gasteiger partial charge in [-0.15, -0.1) is 0 Å². The van der Waals surface area contributed by atoms with Gasteiger partial charge in [0.2, 0.25) is 0 Å². The molecule has 2 rings (SSSR count). The smallest absolute Gasteiger partial charge is 0.267 e. The van der Waals surface area contributed by atoms with Crippen LogP contribution in [-0.2, 0) is 0 Å². The average Bonchev–Trinajstić information content (AvgIpc) is 2.46.